The maximum Gasteiger partial charge on any atom is 0.268 e. The molecule has 1 aromatic carbocycles. The molecule has 5 heteroatoms. The molecule has 0 aliphatic heterocycles. The number of hydrogen-bond donors (Lipinski definition) is 1. The molecule has 0 radical (unpaired) electrons. The van der Waals surface area contributed by atoms with E-state index in [1.54, 1.807) is 18.2 Å². The Morgan fingerprint density at radius 2 is 2.06 bits per heavy atom. The lowest BCUT2D eigenvalue weighted by Gasteiger charge is -2.22. The van der Waals surface area contributed by atoms with E-state index < -0.39 is 15.4 Å². The van der Waals surface area contributed by atoms with Gasteiger partial charge in [0.15, 0.2) is 0 Å². The van der Waals surface area contributed by atoms with E-state index in [0.717, 1.165) is 17.4 Å². The van der Waals surface area contributed by atoms with Gasteiger partial charge in [0.1, 0.15) is 6.29 Å². The van der Waals surface area contributed by atoms with Crippen molar-refractivity contribution in [3.05, 3.63) is 34.9 Å². The molecule has 0 amide bonds. The summed E-state index contributed by atoms with van der Waals surface area (Å²) in [6, 6.07) is 5.21. The van der Waals surface area contributed by atoms with Crippen LogP contribution in [0.25, 0.3) is 0 Å². The lowest BCUT2D eigenvalue weighted by molar-refractivity contribution is 0.112. The van der Waals surface area contributed by atoms with Gasteiger partial charge in [-0.1, -0.05) is 12.1 Å². The Labute approximate surface area is 94.0 Å². The Balaban J connectivity index is 2.32. The second-order valence-electron chi connectivity index (χ2n) is 4.03. The summed E-state index contributed by atoms with van der Waals surface area (Å²) in [5, 5.41) is -0.706. The molecule has 4 nitrogen and oxygen atoms in total. The Kier molecular flexibility index (Phi) is 2.82. The van der Waals surface area contributed by atoms with Crippen LogP contribution in [-0.4, -0.2) is 24.5 Å². The molecular weight excluding hydrogens is 228 g/mol. The summed E-state index contributed by atoms with van der Waals surface area (Å²) in [6.45, 7) is 0. The van der Waals surface area contributed by atoms with Crippen LogP contribution in [0.4, 0.5) is 0 Å². The van der Waals surface area contributed by atoms with Crippen molar-refractivity contribution in [2.75, 3.05) is 0 Å². The first-order chi connectivity index (χ1) is 7.50. The van der Waals surface area contributed by atoms with Crippen molar-refractivity contribution < 1.29 is 17.8 Å². The highest BCUT2D eigenvalue weighted by Crippen LogP contribution is 2.25. The van der Waals surface area contributed by atoms with E-state index in [2.05, 4.69) is 0 Å². The Morgan fingerprint density at radius 3 is 2.69 bits per heavy atom. The van der Waals surface area contributed by atoms with Gasteiger partial charge in [-0.2, -0.15) is 8.42 Å². The third-order valence-electron chi connectivity index (χ3n) is 2.97. The van der Waals surface area contributed by atoms with Gasteiger partial charge in [0.25, 0.3) is 10.1 Å². The number of aldehydes is 1. The van der Waals surface area contributed by atoms with Gasteiger partial charge < -0.3 is 0 Å². The van der Waals surface area contributed by atoms with Gasteiger partial charge in [-0.3, -0.25) is 9.35 Å². The molecule has 1 aliphatic rings. The number of hydrogen-bond acceptors (Lipinski definition) is 3. The fraction of sp³-hybridized carbons (Fsp3) is 0.364. The first kappa shape index (κ1) is 11.3. The van der Waals surface area contributed by atoms with E-state index in [-0.39, 0.29) is 0 Å². The number of benzene rings is 1. The molecule has 0 spiro atoms. The van der Waals surface area contributed by atoms with Crippen LogP contribution < -0.4 is 0 Å². The normalized spacial score (nSPS) is 20.2. The van der Waals surface area contributed by atoms with Gasteiger partial charge in [-0.05, 0) is 36.5 Å². The number of fused-ring (bicyclic) bond motifs is 1. The number of aryl methyl sites for hydroxylation is 1. The van der Waals surface area contributed by atoms with Crippen molar-refractivity contribution >= 4 is 16.4 Å². The molecule has 0 saturated heterocycles. The summed E-state index contributed by atoms with van der Waals surface area (Å²) in [4.78, 5) is 10.6. The molecular formula is C11H12O4S. The maximum absolute atomic E-state index is 11.0. The molecule has 0 heterocycles. The van der Waals surface area contributed by atoms with E-state index in [9.17, 15) is 13.2 Å². The van der Waals surface area contributed by atoms with Gasteiger partial charge in [-0.15, -0.1) is 0 Å². The molecule has 1 unspecified atom stereocenters. The molecule has 1 atom stereocenters. The second kappa shape index (κ2) is 3.99. The topological polar surface area (TPSA) is 71.4 Å². The average molecular weight is 240 g/mol. The standard InChI is InChI=1S/C11H12O4S/c12-7-8-1-2-10-6-11(16(13,14)15)4-3-9(10)5-8/h1-2,5,7,11H,3-4,6H2,(H,13,14,15). The molecule has 2 rings (SSSR count). The predicted molar refractivity (Wildman–Crippen MR) is 59.2 cm³/mol. The first-order valence-corrected chi connectivity index (χ1v) is 6.54. The summed E-state index contributed by atoms with van der Waals surface area (Å²) in [5.74, 6) is 0. The first-order valence-electron chi connectivity index (χ1n) is 5.04. The van der Waals surface area contributed by atoms with Crippen molar-refractivity contribution in [1.29, 1.82) is 0 Å². The van der Waals surface area contributed by atoms with Crippen LogP contribution in [-0.2, 0) is 23.0 Å². The molecule has 0 bridgehead atoms. The minimum atomic E-state index is -3.95. The van der Waals surface area contributed by atoms with Crippen LogP contribution in [0.2, 0.25) is 0 Å². The second-order valence-corrected chi connectivity index (χ2v) is 5.72. The number of carbonyl (C=O) groups is 1. The van der Waals surface area contributed by atoms with E-state index in [1.165, 1.54) is 0 Å². The molecule has 0 saturated carbocycles. The lowest BCUT2D eigenvalue weighted by atomic mass is 9.90. The van der Waals surface area contributed by atoms with Gasteiger partial charge in [0, 0.05) is 5.56 Å². The zero-order valence-corrected chi connectivity index (χ0v) is 9.40. The van der Waals surface area contributed by atoms with E-state index in [1.807, 2.05) is 0 Å². The Morgan fingerprint density at radius 1 is 1.31 bits per heavy atom. The molecule has 0 fully saturated rings. The average Bonchev–Trinajstić information content (AvgIpc) is 2.26. The van der Waals surface area contributed by atoms with E-state index in [4.69, 9.17) is 4.55 Å². The van der Waals surface area contributed by atoms with Crippen molar-refractivity contribution in [2.45, 2.75) is 24.5 Å². The maximum atomic E-state index is 11.0. The van der Waals surface area contributed by atoms with Crippen LogP contribution in [0.3, 0.4) is 0 Å². The lowest BCUT2D eigenvalue weighted by Crippen LogP contribution is -2.27. The van der Waals surface area contributed by atoms with Crippen LogP contribution in [0.1, 0.15) is 27.9 Å². The van der Waals surface area contributed by atoms with Crippen molar-refractivity contribution in [1.82, 2.24) is 0 Å². The highest BCUT2D eigenvalue weighted by Gasteiger charge is 2.27. The number of carbonyl (C=O) groups excluding carboxylic acids is 1. The zero-order chi connectivity index (χ0) is 11.8. The third kappa shape index (κ3) is 2.15. The van der Waals surface area contributed by atoms with Crippen LogP contribution >= 0.6 is 0 Å². The summed E-state index contributed by atoms with van der Waals surface area (Å²) < 4.78 is 31.0. The summed E-state index contributed by atoms with van der Waals surface area (Å²) in [5.41, 5.74) is 2.51. The molecule has 1 aromatic rings. The molecule has 1 aliphatic carbocycles. The highest BCUT2D eigenvalue weighted by atomic mass is 32.2. The fourth-order valence-electron chi connectivity index (χ4n) is 2.07. The minimum absolute atomic E-state index is 0.327. The Bertz CT molecular complexity index is 519. The Hall–Kier alpha value is -1.20. The number of rotatable bonds is 2. The monoisotopic (exact) mass is 240 g/mol. The predicted octanol–water partition coefficient (Wildman–Crippen LogP) is 1.24. The van der Waals surface area contributed by atoms with E-state index >= 15 is 0 Å². The van der Waals surface area contributed by atoms with Gasteiger partial charge in [0.2, 0.25) is 0 Å². The summed E-state index contributed by atoms with van der Waals surface area (Å²) in [7, 11) is -3.95. The van der Waals surface area contributed by atoms with Crippen molar-refractivity contribution in [3.8, 4) is 0 Å². The fourth-order valence-corrected chi connectivity index (χ4v) is 2.87. The van der Waals surface area contributed by atoms with Gasteiger partial charge >= 0.3 is 0 Å². The molecule has 86 valence electrons. The quantitative estimate of drug-likeness (QED) is 0.623. The largest absolute Gasteiger partial charge is 0.298 e. The summed E-state index contributed by atoms with van der Waals surface area (Å²) in [6.07, 6.45) is 2.10. The third-order valence-corrected chi connectivity index (χ3v) is 4.22. The van der Waals surface area contributed by atoms with Crippen LogP contribution in [0.15, 0.2) is 18.2 Å². The highest BCUT2D eigenvalue weighted by molar-refractivity contribution is 7.86. The summed E-state index contributed by atoms with van der Waals surface area (Å²) >= 11 is 0. The van der Waals surface area contributed by atoms with Gasteiger partial charge in [0.05, 0.1) is 5.25 Å². The molecule has 1 N–H and O–H groups in total. The van der Waals surface area contributed by atoms with E-state index in [0.29, 0.717) is 24.8 Å². The van der Waals surface area contributed by atoms with Crippen LogP contribution in [0, 0.1) is 0 Å². The SMILES string of the molecule is O=Cc1ccc2c(c1)CCC(S(=O)(=O)O)C2. The molecule has 0 aromatic heterocycles. The smallest absolute Gasteiger partial charge is 0.268 e. The van der Waals surface area contributed by atoms with Crippen molar-refractivity contribution in [3.63, 3.8) is 0 Å². The van der Waals surface area contributed by atoms with Gasteiger partial charge in [-0.25, -0.2) is 0 Å². The molecule has 16 heavy (non-hydrogen) atoms. The zero-order valence-electron chi connectivity index (χ0n) is 8.59. The minimum Gasteiger partial charge on any atom is -0.298 e. The van der Waals surface area contributed by atoms with Crippen molar-refractivity contribution in [2.24, 2.45) is 0 Å². The van der Waals surface area contributed by atoms with Crippen LogP contribution in [0.5, 0.6) is 0 Å².